The van der Waals surface area contributed by atoms with Gasteiger partial charge in [0, 0.05) is 22.2 Å². The number of carbonyl (C=O) groups is 2. The molecule has 0 bridgehead atoms. The van der Waals surface area contributed by atoms with Crippen LogP contribution < -0.4 is 15.4 Å². The second-order valence-corrected chi connectivity index (χ2v) is 7.45. The van der Waals surface area contributed by atoms with Crippen molar-refractivity contribution in [3.8, 4) is 5.75 Å². The Kier molecular flexibility index (Phi) is 5.74. The molecule has 0 spiro atoms. The van der Waals surface area contributed by atoms with Gasteiger partial charge in [-0.3, -0.25) is 9.59 Å². The van der Waals surface area contributed by atoms with Gasteiger partial charge in [0.1, 0.15) is 0 Å². The van der Waals surface area contributed by atoms with E-state index in [2.05, 4.69) is 10.6 Å². The number of rotatable bonds is 4. The van der Waals surface area contributed by atoms with Crippen LogP contribution in [-0.4, -0.2) is 11.8 Å². The predicted octanol–water partition coefficient (Wildman–Crippen LogP) is 5.30. The maximum absolute atomic E-state index is 12.5. The predicted molar refractivity (Wildman–Crippen MR) is 118 cm³/mol. The van der Waals surface area contributed by atoms with E-state index in [4.69, 9.17) is 27.9 Å². The third-order valence-corrected chi connectivity index (χ3v) is 5.09. The lowest BCUT2D eigenvalue weighted by atomic mass is 10.1. The molecule has 1 aliphatic heterocycles. The van der Waals surface area contributed by atoms with Crippen LogP contribution in [0.15, 0.2) is 72.5 Å². The molecule has 30 heavy (non-hydrogen) atoms. The Hall–Kier alpha value is -3.28. The second-order valence-electron chi connectivity index (χ2n) is 6.61. The third kappa shape index (κ3) is 4.48. The normalized spacial score (nSPS) is 13.9. The standard InChI is InChI=1S/C23H16Cl2N2O3/c24-17-8-5-14(6-9-17)13-26-22(28)16-7-10-20-19(11-16)27-23(29)21(30-20)12-15-3-1-2-4-18(15)25/h1-12H,13H2,(H,26,28)(H,27,29). The van der Waals surface area contributed by atoms with Gasteiger partial charge in [-0.05, 0) is 53.6 Å². The highest BCUT2D eigenvalue weighted by Gasteiger charge is 2.23. The number of amides is 2. The van der Waals surface area contributed by atoms with Crippen LogP contribution >= 0.6 is 23.2 Å². The molecule has 0 fully saturated rings. The quantitative estimate of drug-likeness (QED) is 0.543. The fraction of sp³-hybridized carbons (Fsp3) is 0.0435. The van der Waals surface area contributed by atoms with Crippen LogP contribution in [0.4, 0.5) is 5.69 Å². The first-order chi connectivity index (χ1) is 14.5. The highest BCUT2D eigenvalue weighted by Crippen LogP contribution is 2.33. The zero-order valence-electron chi connectivity index (χ0n) is 15.6. The van der Waals surface area contributed by atoms with Crippen LogP contribution in [0.2, 0.25) is 10.0 Å². The Labute approximate surface area is 183 Å². The fourth-order valence-electron chi connectivity index (χ4n) is 2.92. The number of carbonyl (C=O) groups excluding carboxylic acids is 2. The Morgan fingerprint density at radius 3 is 2.57 bits per heavy atom. The molecule has 7 heteroatoms. The summed E-state index contributed by atoms with van der Waals surface area (Å²) >= 11 is 12.0. The Morgan fingerprint density at radius 1 is 1.03 bits per heavy atom. The number of hydrogen-bond acceptors (Lipinski definition) is 3. The second kappa shape index (κ2) is 8.61. The van der Waals surface area contributed by atoms with Crippen LogP contribution in [0.5, 0.6) is 5.75 Å². The Balaban J connectivity index is 1.49. The lowest BCUT2D eigenvalue weighted by Gasteiger charge is -2.20. The van der Waals surface area contributed by atoms with Crippen molar-refractivity contribution >= 4 is 46.8 Å². The first-order valence-electron chi connectivity index (χ1n) is 9.12. The molecule has 1 aliphatic rings. The van der Waals surface area contributed by atoms with Crippen molar-refractivity contribution in [3.05, 3.63) is 99.2 Å². The Bertz CT molecular complexity index is 1160. The minimum atomic E-state index is -0.416. The third-order valence-electron chi connectivity index (χ3n) is 4.49. The molecular formula is C23H16Cl2N2O3. The topological polar surface area (TPSA) is 67.4 Å². The van der Waals surface area contributed by atoms with E-state index in [0.717, 1.165) is 5.56 Å². The highest BCUT2D eigenvalue weighted by molar-refractivity contribution is 6.32. The molecule has 0 aliphatic carbocycles. The number of benzene rings is 3. The minimum Gasteiger partial charge on any atom is -0.449 e. The first-order valence-corrected chi connectivity index (χ1v) is 9.87. The summed E-state index contributed by atoms with van der Waals surface area (Å²) in [5.41, 5.74) is 2.43. The van der Waals surface area contributed by atoms with Crippen molar-refractivity contribution in [2.75, 3.05) is 5.32 Å². The van der Waals surface area contributed by atoms with E-state index >= 15 is 0 Å². The maximum Gasteiger partial charge on any atom is 0.291 e. The average Bonchev–Trinajstić information content (AvgIpc) is 2.75. The smallest absolute Gasteiger partial charge is 0.291 e. The van der Waals surface area contributed by atoms with Crippen LogP contribution in [0, 0.1) is 0 Å². The van der Waals surface area contributed by atoms with Crippen molar-refractivity contribution in [1.82, 2.24) is 5.32 Å². The number of ether oxygens (including phenoxy) is 1. The van der Waals surface area contributed by atoms with Crippen molar-refractivity contribution in [1.29, 1.82) is 0 Å². The summed E-state index contributed by atoms with van der Waals surface area (Å²) in [5, 5.41) is 6.75. The zero-order valence-corrected chi connectivity index (χ0v) is 17.1. The van der Waals surface area contributed by atoms with Gasteiger partial charge in [-0.2, -0.15) is 0 Å². The van der Waals surface area contributed by atoms with Gasteiger partial charge < -0.3 is 15.4 Å². The van der Waals surface area contributed by atoms with Crippen LogP contribution in [0.1, 0.15) is 21.5 Å². The molecule has 3 aromatic carbocycles. The molecule has 2 amide bonds. The lowest BCUT2D eigenvalue weighted by Crippen LogP contribution is -2.25. The lowest BCUT2D eigenvalue weighted by molar-refractivity contribution is -0.115. The van der Waals surface area contributed by atoms with Crippen molar-refractivity contribution in [3.63, 3.8) is 0 Å². The molecule has 5 nitrogen and oxygen atoms in total. The van der Waals surface area contributed by atoms with E-state index in [9.17, 15) is 9.59 Å². The van der Waals surface area contributed by atoms with Gasteiger partial charge in [-0.1, -0.05) is 53.5 Å². The summed E-state index contributed by atoms with van der Waals surface area (Å²) < 4.78 is 5.72. The van der Waals surface area contributed by atoms with Crippen LogP contribution in [0.25, 0.3) is 6.08 Å². The molecule has 0 unspecified atom stereocenters. The summed E-state index contributed by atoms with van der Waals surface area (Å²) in [6, 6.07) is 19.2. The fourth-order valence-corrected chi connectivity index (χ4v) is 3.24. The van der Waals surface area contributed by atoms with E-state index in [1.54, 1.807) is 54.6 Å². The van der Waals surface area contributed by atoms with Gasteiger partial charge in [-0.15, -0.1) is 0 Å². The SMILES string of the molecule is O=C1Nc2cc(C(=O)NCc3ccc(Cl)cc3)ccc2OC1=Cc1ccccc1Cl. The van der Waals surface area contributed by atoms with E-state index in [0.29, 0.717) is 39.2 Å². The number of fused-ring (bicyclic) bond motifs is 1. The van der Waals surface area contributed by atoms with E-state index < -0.39 is 5.91 Å². The van der Waals surface area contributed by atoms with E-state index in [-0.39, 0.29) is 11.7 Å². The van der Waals surface area contributed by atoms with Crippen molar-refractivity contribution in [2.45, 2.75) is 6.54 Å². The van der Waals surface area contributed by atoms with Gasteiger partial charge in [-0.25, -0.2) is 0 Å². The Morgan fingerprint density at radius 2 is 1.80 bits per heavy atom. The molecule has 0 atom stereocenters. The van der Waals surface area contributed by atoms with Gasteiger partial charge in [0.05, 0.1) is 5.69 Å². The van der Waals surface area contributed by atoms with Crippen LogP contribution in [0.3, 0.4) is 0 Å². The molecule has 0 saturated carbocycles. The molecule has 3 aromatic rings. The number of hydrogen-bond donors (Lipinski definition) is 2. The first kappa shape index (κ1) is 20.0. The molecule has 0 saturated heterocycles. The molecule has 4 rings (SSSR count). The van der Waals surface area contributed by atoms with E-state index in [1.807, 2.05) is 18.2 Å². The summed E-state index contributed by atoms with van der Waals surface area (Å²) in [6.07, 6.45) is 1.58. The number of anilines is 1. The average molecular weight is 439 g/mol. The summed E-state index contributed by atoms with van der Waals surface area (Å²) in [6.45, 7) is 0.362. The monoisotopic (exact) mass is 438 g/mol. The van der Waals surface area contributed by atoms with Gasteiger partial charge in [0.2, 0.25) is 0 Å². The molecule has 0 aromatic heterocycles. The summed E-state index contributed by atoms with van der Waals surface area (Å²) in [4.78, 5) is 24.9. The van der Waals surface area contributed by atoms with Crippen molar-refractivity contribution in [2.24, 2.45) is 0 Å². The van der Waals surface area contributed by atoms with Crippen LogP contribution in [-0.2, 0) is 11.3 Å². The van der Waals surface area contributed by atoms with E-state index in [1.165, 1.54) is 0 Å². The number of halogens is 2. The van der Waals surface area contributed by atoms with Gasteiger partial charge in [0.25, 0.3) is 11.8 Å². The van der Waals surface area contributed by atoms with Gasteiger partial charge >= 0.3 is 0 Å². The summed E-state index contributed by atoms with van der Waals surface area (Å²) in [7, 11) is 0. The molecule has 0 radical (unpaired) electrons. The zero-order chi connectivity index (χ0) is 21.1. The van der Waals surface area contributed by atoms with Crippen molar-refractivity contribution < 1.29 is 14.3 Å². The highest BCUT2D eigenvalue weighted by atomic mass is 35.5. The molecule has 150 valence electrons. The molecular weight excluding hydrogens is 423 g/mol. The number of nitrogens with one attached hydrogen (secondary N) is 2. The maximum atomic E-state index is 12.5. The largest absolute Gasteiger partial charge is 0.449 e. The minimum absolute atomic E-state index is 0.121. The molecule has 1 heterocycles. The van der Waals surface area contributed by atoms with Gasteiger partial charge in [0.15, 0.2) is 11.5 Å². The summed E-state index contributed by atoms with van der Waals surface area (Å²) in [5.74, 6) is -0.113. The molecule has 2 N–H and O–H groups in total.